The number of nitrogens with one attached hydrogen (secondary N) is 1. The topological polar surface area (TPSA) is 91.8 Å². The van der Waals surface area contributed by atoms with Gasteiger partial charge in [-0.05, 0) is 24.6 Å². The summed E-state index contributed by atoms with van der Waals surface area (Å²) in [6.45, 7) is 3.52. The quantitative estimate of drug-likeness (QED) is 0.832. The lowest BCUT2D eigenvalue weighted by Crippen LogP contribution is -2.52. The molecule has 1 aromatic carbocycles. The number of anilines is 1. The molecule has 2 N–H and O–H groups in total. The maximum absolute atomic E-state index is 12.4. The number of aliphatic hydroxyl groups excluding tert-OH is 1. The summed E-state index contributed by atoms with van der Waals surface area (Å²) < 4.78 is 5.73. The maximum Gasteiger partial charge on any atom is 0.249 e. The first-order valence-electron chi connectivity index (χ1n) is 8.28. The van der Waals surface area contributed by atoms with Gasteiger partial charge in [-0.1, -0.05) is 12.1 Å². The Hall–Kier alpha value is -2.29. The van der Waals surface area contributed by atoms with Crippen molar-refractivity contribution < 1.29 is 19.4 Å². The number of hydrogen-bond acceptors (Lipinski definition) is 6. The van der Waals surface area contributed by atoms with Crippen LogP contribution >= 0.6 is 11.3 Å². The first-order valence-corrected chi connectivity index (χ1v) is 9.16. The van der Waals surface area contributed by atoms with E-state index in [0.29, 0.717) is 12.2 Å². The van der Waals surface area contributed by atoms with Crippen LogP contribution in [0, 0.1) is 6.92 Å². The van der Waals surface area contributed by atoms with Crippen LogP contribution in [0.25, 0.3) is 0 Å². The number of aryl methyl sites for hydroxylation is 1. The van der Waals surface area contributed by atoms with E-state index in [4.69, 9.17) is 4.74 Å². The zero-order valence-corrected chi connectivity index (χ0v) is 15.5. The lowest BCUT2D eigenvalue weighted by molar-refractivity contribution is -0.161. The Labute approximate surface area is 155 Å². The predicted octanol–water partition coefficient (Wildman–Crippen LogP) is 1.87. The highest BCUT2D eigenvalue weighted by atomic mass is 32.1. The number of morpholine rings is 1. The Morgan fingerprint density at radius 3 is 2.73 bits per heavy atom. The number of benzene rings is 1. The molecule has 0 aliphatic carbocycles. The van der Waals surface area contributed by atoms with Gasteiger partial charge in [0, 0.05) is 17.5 Å². The molecule has 0 spiro atoms. The first kappa shape index (κ1) is 18.5. The molecule has 0 radical (unpaired) electrons. The second-order valence-corrected chi connectivity index (χ2v) is 7.11. The Morgan fingerprint density at radius 1 is 1.42 bits per heavy atom. The molecule has 26 heavy (non-hydrogen) atoms. The summed E-state index contributed by atoms with van der Waals surface area (Å²) in [7, 11) is 0. The Balaban J connectivity index is 1.81. The van der Waals surface area contributed by atoms with Crippen molar-refractivity contribution in [2.75, 3.05) is 18.5 Å². The van der Waals surface area contributed by atoms with E-state index < -0.39 is 12.1 Å². The minimum absolute atomic E-state index is 0.0353. The zero-order chi connectivity index (χ0) is 18.7. The van der Waals surface area contributed by atoms with Gasteiger partial charge in [-0.3, -0.25) is 9.59 Å². The summed E-state index contributed by atoms with van der Waals surface area (Å²) in [5.41, 5.74) is 4.17. The van der Waals surface area contributed by atoms with Crippen molar-refractivity contribution >= 4 is 28.8 Å². The third-order valence-corrected chi connectivity index (χ3v) is 5.28. The molecule has 1 fully saturated rings. The number of carbonyl (C=O) groups excluding carboxylic acids is 2. The van der Waals surface area contributed by atoms with E-state index in [1.807, 2.05) is 19.1 Å². The lowest BCUT2D eigenvalue weighted by Gasteiger charge is -2.40. The molecular formula is C18H21N3O4S. The highest BCUT2D eigenvalue weighted by Crippen LogP contribution is 2.31. The third-order valence-electron chi connectivity index (χ3n) is 4.36. The van der Waals surface area contributed by atoms with Crippen molar-refractivity contribution in [1.82, 2.24) is 9.88 Å². The highest BCUT2D eigenvalue weighted by molar-refractivity contribution is 7.09. The number of rotatable bonds is 5. The third kappa shape index (κ3) is 3.92. The fourth-order valence-corrected chi connectivity index (χ4v) is 3.79. The Morgan fingerprint density at radius 2 is 2.15 bits per heavy atom. The number of aromatic nitrogens is 1. The Kier molecular flexibility index (Phi) is 5.65. The summed E-state index contributed by atoms with van der Waals surface area (Å²) in [5.74, 6) is -0.292. The fraction of sp³-hybridized carbons (Fsp3) is 0.389. The standard InChI is InChI=1S/C18H21N3O4S/c1-11-16(26-10-19-11)7-21-15(8-22)18(25-9-17(21)24)13-3-5-14(6-4-13)20-12(2)23/h3-6,10,15,18,22H,7-9H2,1-2H3,(H,20,23). The van der Waals surface area contributed by atoms with E-state index in [0.717, 1.165) is 16.1 Å². The van der Waals surface area contributed by atoms with E-state index in [1.165, 1.54) is 18.3 Å². The molecule has 1 saturated heterocycles. The summed E-state index contributed by atoms with van der Waals surface area (Å²) >= 11 is 1.49. The number of hydrogen-bond donors (Lipinski definition) is 2. The largest absolute Gasteiger partial charge is 0.394 e. The van der Waals surface area contributed by atoms with Crippen LogP contribution in [0.3, 0.4) is 0 Å². The molecular weight excluding hydrogens is 354 g/mol. The second kappa shape index (κ2) is 7.94. The van der Waals surface area contributed by atoms with Crippen LogP contribution in [-0.2, 0) is 20.9 Å². The van der Waals surface area contributed by atoms with Crippen molar-refractivity contribution in [2.45, 2.75) is 32.5 Å². The first-order chi connectivity index (χ1) is 12.5. The van der Waals surface area contributed by atoms with Gasteiger partial charge in [0.15, 0.2) is 0 Å². The van der Waals surface area contributed by atoms with E-state index in [1.54, 1.807) is 22.5 Å². The van der Waals surface area contributed by atoms with Crippen LogP contribution in [0.2, 0.25) is 0 Å². The maximum atomic E-state index is 12.4. The van der Waals surface area contributed by atoms with Gasteiger partial charge >= 0.3 is 0 Å². The molecule has 3 rings (SSSR count). The van der Waals surface area contributed by atoms with Gasteiger partial charge in [0.2, 0.25) is 11.8 Å². The van der Waals surface area contributed by atoms with Crippen LogP contribution in [-0.4, -0.2) is 46.1 Å². The molecule has 0 saturated carbocycles. The number of ether oxygens (including phenoxy) is 1. The summed E-state index contributed by atoms with van der Waals surface area (Å²) in [5, 5.41) is 12.7. The summed E-state index contributed by atoms with van der Waals surface area (Å²) in [6, 6.07) is 6.75. The number of aliphatic hydroxyl groups is 1. The van der Waals surface area contributed by atoms with Crippen LogP contribution in [0.4, 0.5) is 5.69 Å². The fourth-order valence-electron chi connectivity index (χ4n) is 3.01. The second-order valence-electron chi connectivity index (χ2n) is 6.17. The van der Waals surface area contributed by atoms with E-state index in [2.05, 4.69) is 10.3 Å². The molecule has 2 amide bonds. The van der Waals surface area contributed by atoms with Crippen molar-refractivity contribution in [3.05, 3.63) is 45.9 Å². The van der Waals surface area contributed by atoms with E-state index in [-0.39, 0.29) is 25.0 Å². The highest BCUT2D eigenvalue weighted by Gasteiger charge is 2.37. The van der Waals surface area contributed by atoms with E-state index >= 15 is 0 Å². The van der Waals surface area contributed by atoms with Gasteiger partial charge < -0.3 is 20.1 Å². The number of nitrogens with zero attached hydrogens (tertiary/aromatic N) is 2. The summed E-state index contributed by atoms with van der Waals surface area (Å²) in [6.07, 6.45) is -0.433. The predicted molar refractivity (Wildman–Crippen MR) is 97.7 cm³/mol. The smallest absolute Gasteiger partial charge is 0.249 e. The molecule has 2 aromatic rings. The van der Waals surface area contributed by atoms with Gasteiger partial charge in [0.25, 0.3) is 0 Å². The molecule has 1 aliphatic heterocycles. The molecule has 0 bridgehead atoms. The van der Waals surface area contributed by atoms with Crippen molar-refractivity contribution in [1.29, 1.82) is 0 Å². The lowest BCUT2D eigenvalue weighted by atomic mass is 9.99. The van der Waals surface area contributed by atoms with Crippen LogP contribution in [0.1, 0.15) is 29.2 Å². The van der Waals surface area contributed by atoms with Gasteiger partial charge in [-0.2, -0.15) is 0 Å². The minimum Gasteiger partial charge on any atom is -0.394 e. The SMILES string of the molecule is CC(=O)Nc1ccc(C2OCC(=O)N(Cc3scnc3C)C2CO)cc1. The normalized spacial score (nSPS) is 20.3. The van der Waals surface area contributed by atoms with Crippen LogP contribution in [0.15, 0.2) is 29.8 Å². The molecule has 2 heterocycles. The van der Waals surface area contributed by atoms with Crippen molar-refractivity contribution in [3.63, 3.8) is 0 Å². The average molecular weight is 375 g/mol. The number of carbonyl (C=O) groups is 2. The van der Waals surface area contributed by atoms with Gasteiger partial charge in [0.1, 0.15) is 12.7 Å². The van der Waals surface area contributed by atoms with Crippen molar-refractivity contribution in [2.24, 2.45) is 0 Å². The van der Waals surface area contributed by atoms with Crippen LogP contribution in [0.5, 0.6) is 0 Å². The van der Waals surface area contributed by atoms with Gasteiger partial charge in [-0.25, -0.2) is 4.98 Å². The molecule has 2 unspecified atom stereocenters. The zero-order valence-electron chi connectivity index (χ0n) is 14.6. The molecule has 8 heteroatoms. The summed E-state index contributed by atoms with van der Waals surface area (Å²) in [4.78, 5) is 30.4. The molecule has 1 aliphatic rings. The number of amides is 2. The Bertz CT molecular complexity index is 790. The number of thiazole rings is 1. The molecule has 7 nitrogen and oxygen atoms in total. The molecule has 1 aromatic heterocycles. The molecule has 2 atom stereocenters. The van der Waals surface area contributed by atoms with E-state index in [9.17, 15) is 14.7 Å². The van der Waals surface area contributed by atoms with Gasteiger partial charge in [0.05, 0.1) is 30.4 Å². The van der Waals surface area contributed by atoms with Crippen molar-refractivity contribution in [3.8, 4) is 0 Å². The van der Waals surface area contributed by atoms with Crippen LogP contribution < -0.4 is 5.32 Å². The van der Waals surface area contributed by atoms with Gasteiger partial charge in [-0.15, -0.1) is 11.3 Å². The monoisotopic (exact) mass is 375 g/mol. The minimum atomic E-state index is -0.482. The molecule has 138 valence electrons. The average Bonchev–Trinajstić information content (AvgIpc) is 3.02.